The highest BCUT2D eigenvalue weighted by Gasteiger charge is 2.44. The zero-order valence-electron chi connectivity index (χ0n) is 12.0. The van der Waals surface area contributed by atoms with Crippen molar-refractivity contribution in [3.05, 3.63) is 41.4 Å². The van der Waals surface area contributed by atoms with E-state index in [4.69, 9.17) is 4.74 Å². The number of aromatic hydroxyl groups is 2. The zero-order valence-corrected chi connectivity index (χ0v) is 12.0. The normalized spacial score (nSPS) is 30.8. The van der Waals surface area contributed by atoms with E-state index >= 15 is 0 Å². The lowest BCUT2D eigenvalue weighted by Gasteiger charge is -2.42. The molecule has 3 rings (SSSR count). The summed E-state index contributed by atoms with van der Waals surface area (Å²) in [7, 11) is 0. The third-order valence-electron chi connectivity index (χ3n) is 4.30. The Hall–Kier alpha value is -2.34. The predicted octanol–water partition coefficient (Wildman–Crippen LogP) is 2.06. The van der Waals surface area contributed by atoms with Gasteiger partial charge in [0.1, 0.15) is 29.1 Å². The van der Waals surface area contributed by atoms with Gasteiger partial charge in [0.05, 0.1) is 6.10 Å². The number of allylic oxidation sites excluding steroid dienone is 2. The van der Waals surface area contributed by atoms with E-state index in [9.17, 15) is 25.5 Å². The summed E-state index contributed by atoms with van der Waals surface area (Å²) in [4.78, 5) is 0. The lowest BCUT2D eigenvalue weighted by molar-refractivity contribution is -0.0387. The Labute approximate surface area is 127 Å². The van der Waals surface area contributed by atoms with Crippen LogP contribution in [0.4, 0.5) is 0 Å². The van der Waals surface area contributed by atoms with Gasteiger partial charge in [0.15, 0.2) is 5.76 Å². The number of ether oxygens (including phenoxy) is 1. The number of phenols is 2. The van der Waals surface area contributed by atoms with Gasteiger partial charge in [0.25, 0.3) is 0 Å². The Bertz CT molecular complexity index is 677. The maximum atomic E-state index is 10.4. The summed E-state index contributed by atoms with van der Waals surface area (Å²) in [6, 6.07) is 2.58. The van der Waals surface area contributed by atoms with E-state index in [0.717, 1.165) is 0 Å². The molecule has 1 heterocycles. The van der Waals surface area contributed by atoms with Gasteiger partial charge in [-0.25, -0.2) is 0 Å². The summed E-state index contributed by atoms with van der Waals surface area (Å²) in [5, 5.41) is 49.1. The highest BCUT2D eigenvalue weighted by molar-refractivity contribution is 5.51. The van der Waals surface area contributed by atoms with E-state index < -0.39 is 17.6 Å². The third kappa shape index (κ3) is 2.25. The lowest BCUT2D eigenvalue weighted by atomic mass is 9.73. The summed E-state index contributed by atoms with van der Waals surface area (Å²) in [6.07, 6.45) is 1.77. The minimum absolute atomic E-state index is 0.122. The first kappa shape index (κ1) is 14.6. The van der Waals surface area contributed by atoms with E-state index in [1.165, 1.54) is 18.2 Å². The fourth-order valence-corrected chi connectivity index (χ4v) is 3.10. The Kier molecular flexibility index (Phi) is 3.21. The number of rotatable bonds is 1. The van der Waals surface area contributed by atoms with Gasteiger partial charge in [0, 0.05) is 36.0 Å². The summed E-state index contributed by atoms with van der Waals surface area (Å²) >= 11 is 0. The second kappa shape index (κ2) is 4.84. The van der Waals surface area contributed by atoms with Gasteiger partial charge in [-0.15, -0.1) is 0 Å². The van der Waals surface area contributed by atoms with Gasteiger partial charge in [-0.1, -0.05) is 13.0 Å². The zero-order chi connectivity index (χ0) is 16.1. The first-order valence-corrected chi connectivity index (χ1v) is 7.00. The maximum Gasteiger partial charge on any atom is 0.152 e. The predicted molar refractivity (Wildman–Crippen MR) is 78.0 cm³/mol. The Morgan fingerprint density at radius 1 is 1.18 bits per heavy atom. The van der Waals surface area contributed by atoms with Crippen LogP contribution in [-0.2, 0) is 6.42 Å². The fraction of sp³-hybridized carbons (Fsp3) is 0.375. The van der Waals surface area contributed by atoms with Crippen molar-refractivity contribution in [1.82, 2.24) is 0 Å². The number of fused-ring (bicyclic) bond motifs is 1. The molecule has 0 aromatic heterocycles. The molecule has 5 N–H and O–H groups in total. The van der Waals surface area contributed by atoms with Crippen LogP contribution in [0.15, 0.2) is 35.8 Å². The van der Waals surface area contributed by atoms with E-state index in [-0.39, 0.29) is 35.9 Å². The molecule has 0 amide bonds. The Morgan fingerprint density at radius 3 is 2.59 bits per heavy atom. The Morgan fingerprint density at radius 2 is 1.91 bits per heavy atom. The molecule has 22 heavy (non-hydrogen) atoms. The van der Waals surface area contributed by atoms with E-state index in [0.29, 0.717) is 11.3 Å². The molecule has 0 bridgehead atoms. The SMILES string of the molecule is C[C@@]1(C2Oc3cc(O)cc(O)c3CC2O)C=CC(O)=C(O)C1. The molecule has 0 fully saturated rings. The summed E-state index contributed by atoms with van der Waals surface area (Å²) in [5.41, 5.74) is -0.290. The van der Waals surface area contributed by atoms with Crippen molar-refractivity contribution in [2.75, 3.05) is 0 Å². The molecule has 0 spiro atoms. The molecule has 2 unspecified atom stereocenters. The third-order valence-corrected chi connectivity index (χ3v) is 4.30. The number of aliphatic hydroxyl groups excluding tert-OH is 3. The molecule has 0 saturated heterocycles. The van der Waals surface area contributed by atoms with Crippen LogP contribution >= 0.6 is 0 Å². The van der Waals surface area contributed by atoms with Gasteiger partial charge in [-0.2, -0.15) is 0 Å². The van der Waals surface area contributed by atoms with Gasteiger partial charge >= 0.3 is 0 Å². The van der Waals surface area contributed by atoms with Crippen LogP contribution in [0.2, 0.25) is 0 Å². The number of benzene rings is 1. The standard InChI is InChI=1S/C16H18O6/c1-16(3-2-10(18)13(21)7-16)15-12(20)6-9-11(19)4-8(17)5-14(9)22-15/h2-5,12,15,17-21H,6-7H2,1H3/t12?,15?,16-/m1/s1. The molecule has 6 heteroatoms. The summed E-state index contributed by atoms with van der Waals surface area (Å²) in [6.45, 7) is 1.80. The average Bonchev–Trinajstić information content (AvgIpc) is 2.43. The molecule has 6 nitrogen and oxygen atoms in total. The van der Waals surface area contributed by atoms with Crippen molar-refractivity contribution in [3.8, 4) is 17.2 Å². The van der Waals surface area contributed by atoms with Crippen LogP contribution in [0.25, 0.3) is 0 Å². The quantitative estimate of drug-likeness (QED) is 0.543. The maximum absolute atomic E-state index is 10.4. The van der Waals surface area contributed by atoms with Crippen molar-refractivity contribution in [2.45, 2.75) is 32.0 Å². The number of hydrogen-bond donors (Lipinski definition) is 5. The molecular weight excluding hydrogens is 288 g/mol. The fourth-order valence-electron chi connectivity index (χ4n) is 3.10. The van der Waals surface area contributed by atoms with Gasteiger partial charge < -0.3 is 30.3 Å². The molecule has 118 valence electrons. The molecule has 0 radical (unpaired) electrons. The second-order valence-corrected chi connectivity index (χ2v) is 6.10. The number of phenolic OH excluding ortho intramolecular Hbond substituents is 2. The monoisotopic (exact) mass is 306 g/mol. The molecule has 1 aromatic rings. The smallest absolute Gasteiger partial charge is 0.152 e. The highest BCUT2D eigenvalue weighted by atomic mass is 16.5. The van der Waals surface area contributed by atoms with Crippen LogP contribution in [-0.4, -0.2) is 37.7 Å². The van der Waals surface area contributed by atoms with Crippen LogP contribution in [0.1, 0.15) is 18.9 Å². The van der Waals surface area contributed by atoms with E-state index in [1.807, 2.05) is 0 Å². The summed E-state index contributed by atoms with van der Waals surface area (Å²) < 4.78 is 5.80. The first-order chi connectivity index (χ1) is 10.3. The van der Waals surface area contributed by atoms with Gasteiger partial charge in [-0.05, 0) is 6.08 Å². The second-order valence-electron chi connectivity index (χ2n) is 6.10. The largest absolute Gasteiger partial charge is 0.508 e. The van der Waals surface area contributed by atoms with Crippen molar-refractivity contribution in [1.29, 1.82) is 0 Å². The first-order valence-electron chi connectivity index (χ1n) is 7.00. The highest BCUT2D eigenvalue weighted by Crippen LogP contribution is 2.45. The van der Waals surface area contributed by atoms with Crippen molar-refractivity contribution in [3.63, 3.8) is 0 Å². The van der Waals surface area contributed by atoms with Gasteiger partial charge in [-0.3, -0.25) is 0 Å². The van der Waals surface area contributed by atoms with Crippen LogP contribution in [0.3, 0.4) is 0 Å². The van der Waals surface area contributed by atoms with Crippen molar-refractivity contribution >= 4 is 0 Å². The van der Waals surface area contributed by atoms with Gasteiger partial charge in [0.2, 0.25) is 0 Å². The molecule has 1 aliphatic carbocycles. The van der Waals surface area contributed by atoms with Crippen molar-refractivity contribution in [2.24, 2.45) is 5.41 Å². The summed E-state index contributed by atoms with van der Waals surface area (Å²) in [5.74, 6) is -0.308. The topological polar surface area (TPSA) is 110 Å². The molecule has 0 saturated carbocycles. The molecular formula is C16H18O6. The van der Waals surface area contributed by atoms with Crippen LogP contribution < -0.4 is 4.74 Å². The minimum atomic E-state index is -0.898. The molecule has 2 aliphatic rings. The minimum Gasteiger partial charge on any atom is -0.508 e. The van der Waals surface area contributed by atoms with Crippen molar-refractivity contribution < 1.29 is 30.3 Å². The average molecular weight is 306 g/mol. The number of hydrogen-bond acceptors (Lipinski definition) is 6. The van der Waals surface area contributed by atoms with E-state index in [2.05, 4.69) is 0 Å². The molecule has 1 aromatic carbocycles. The lowest BCUT2D eigenvalue weighted by Crippen LogP contribution is -2.48. The van der Waals surface area contributed by atoms with E-state index in [1.54, 1.807) is 13.0 Å². The molecule has 3 atom stereocenters. The van der Waals surface area contributed by atoms with Crippen LogP contribution in [0, 0.1) is 5.41 Å². The molecule has 1 aliphatic heterocycles. The van der Waals surface area contributed by atoms with Crippen LogP contribution in [0.5, 0.6) is 17.2 Å². The Balaban J connectivity index is 1.95. The number of aliphatic hydroxyl groups is 3.